The molecule has 1 aromatic heterocycles. The van der Waals surface area contributed by atoms with Gasteiger partial charge >= 0.3 is 0 Å². The van der Waals surface area contributed by atoms with Crippen LogP contribution in [0.3, 0.4) is 0 Å². The molecular formula is C41H48ClN7O8S. The van der Waals surface area contributed by atoms with E-state index in [1.165, 1.54) is 55.9 Å². The molecule has 0 saturated carbocycles. The Kier molecular flexibility index (Phi) is 13.0. The van der Waals surface area contributed by atoms with Gasteiger partial charge in [-0.1, -0.05) is 30.2 Å². The van der Waals surface area contributed by atoms with E-state index in [1.54, 1.807) is 12.1 Å². The van der Waals surface area contributed by atoms with Gasteiger partial charge in [0.25, 0.3) is 27.2 Å². The van der Waals surface area contributed by atoms with Gasteiger partial charge in [0.15, 0.2) is 5.75 Å². The summed E-state index contributed by atoms with van der Waals surface area (Å²) in [6.07, 6.45) is 8.36. The number of nitro groups is 1. The number of hydrogen-bond donors (Lipinski definition) is 2. The van der Waals surface area contributed by atoms with Gasteiger partial charge in [-0.3, -0.25) is 24.6 Å². The summed E-state index contributed by atoms with van der Waals surface area (Å²) in [5.41, 5.74) is 1.24. The average Bonchev–Trinajstić information content (AvgIpc) is 3.22. The lowest BCUT2D eigenvalue weighted by Gasteiger charge is -2.41. The van der Waals surface area contributed by atoms with Crippen LogP contribution in [-0.4, -0.2) is 79.9 Å². The molecule has 1 unspecified atom stereocenters. The fourth-order valence-electron chi connectivity index (χ4n) is 8.01. The predicted molar refractivity (Wildman–Crippen MR) is 220 cm³/mol. The number of halogens is 1. The molecule has 308 valence electrons. The molecule has 1 atom stereocenters. The van der Waals surface area contributed by atoms with Crippen LogP contribution >= 0.6 is 11.6 Å². The summed E-state index contributed by atoms with van der Waals surface area (Å²) < 4.78 is 41.8. The van der Waals surface area contributed by atoms with Gasteiger partial charge in [-0.25, -0.2) is 17.8 Å². The molecule has 0 bridgehead atoms. The number of ether oxygens (including phenoxy) is 2. The molecule has 0 radical (unpaired) electrons. The summed E-state index contributed by atoms with van der Waals surface area (Å²) in [5, 5.41) is 19.8. The highest BCUT2D eigenvalue weighted by Gasteiger charge is 2.30. The number of likely N-dealkylation sites (tertiary alicyclic amines) is 1. The van der Waals surface area contributed by atoms with Crippen molar-refractivity contribution in [2.75, 3.05) is 56.2 Å². The topological polar surface area (TPSA) is 178 Å². The molecule has 1 amide bonds. The molecule has 4 aromatic rings. The molecule has 2 N–H and O–H groups in total. The Morgan fingerprint density at radius 2 is 1.72 bits per heavy atom. The Hall–Kier alpha value is -5.03. The summed E-state index contributed by atoms with van der Waals surface area (Å²) in [7, 11) is -3.09. The molecule has 0 spiro atoms. The SMILES string of the molecule is Cn1ncc(Oc2cc(N3CCC(CN4CCCCC4c4ccc(Cl)cc4)CC3)ccc2C(=O)NS(=O)(=O)c2ccc(NCC3CCOCC3)c([N+](=O)[O-])c2)cc1=O. The third-order valence-corrected chi connectivity index (χ3v) is 12.9. The Labute approximate surface area is 342 Å². The number of carbonyl (C=O) groups excluding carboxylic acids is 1. The van der Waals surface area contributed by atoms with Crippen molar-refractivity contribution in [2.24, 2.45) is 18.9 Å². The van der Waals surface area contributed by atoms with Crippen molar-refractivity contribution in [1.82, 2.24) is 19.4 Å². The van der Waals surface area contributed by atoms with E-state index < -0.39 is 37.0 Å². The zero-order chi connectivity index (χ0) is 40.8. The van der Waals surface area contributed by atoms with Crippen LogP contribution in [-0.2, 0) is 21.8 Å². The van der Waals surface area contributed by atoms with Crippen molar-refractivity contribution in [2.45, 2.75) is 55.9 Å². The van der Waals surface area contributed by atoms with Crippen LogP contribution in [0.2, 0.25) is 5.02 Å². The first kappa shape index (κ1) is 41.1. The largest absolute Gasteiger partial charge is 0.455 e. The molecule has 3 aliphatic rings. The first-order chi connectivity index (χ1) is 27.9. The van der Waals surface area contributed by atoms with E-state index in [-0.39, 0.29) is 28.7 Å². The van der Waals surface area contributed by atoms with Crippen LogP contribution in [0.1, 0.15) is 66.9 Å². The summed E-state index contributed by atoms with van der Waals surface area (Å²) in [4.78, 5) is 41.9. The van der Waals surface area contributed by atoms with Crippen LogP contribution < -0.4 is 25.2 Å². The van der Waals surface area contributed by atoms with Gasteiger partial charge in [0, 0.05) is 81.4 Å². The number of anilines is 2. The molecule has 0 aliphatic carbocycles. The highest BCUT2D eigenvalue weighted by Crippen LogP contribution is 2.36. The average molecular weight is 834 g/mol. The first-order valence-electron chi connectivity index (χ1n) is 19.7. The van der Waals surface area contributed by atoms with Gasteiger partial charge in [0.2, 0.25) is 0 Å². The quantitative estimate of drug-likeness (QED) is 0.110. The number of hydrogen-bond acceptors (Lipinski definition) is 12. The van der Waals surface area contributed by atoms with Crippen LogP contribution in [0.15, 0.2) is 82.6 Å². The maximum absolute atomic E-state index is 13.8. The monoisotopic (exact) mass is 833 g/mol. The highest BCUT2D eigenvalue weighted by molar-refractivity contribution is 7.90. The maximum atomic E-state index is 13.8. The smallest absolute Gasteiger partial charge is 0.293 e. The Bertz CT molecular complexity index is 2280. The van der Waals surface area contributed by atoms with Gasteiger partial charge in [0.1, 0.15) is 11.4 Å². The van der Waals surface area contributed by atoms with E-state index in [2.05, 4.69) is 37.1 Å². The lowest BCUT2D eigenvalue weighted by molar-refractivity contribution is -0.384. The van der Waals surface area contributed by atoms with E-state index >= 15 is 0 Å². The molecular weight excluding hydrogens is 786 g/mol. The highest BCUT2D eigenvalue weighted by atomic mass is 35.5. The van der Waals surface area contributed by atoms with E-state index in [4.69, 9.17) is 21.1 Å². The molecule has 3 aliphatic heterocycles. The van der Waals surface area contributed by atoms with Crippen LogP contribution in [0.25, 0.3) is 0 Å². The van der Waals surface area contributed by atoms with Crippen molar-refractivity contribution in [3.05, 3.63) is 110 Å². The first-order valence-corrected chi connectivity index (χ1v) is 21.6. The number of rotatable bonds is 13. The van der Waals surface area contributed by atoms with E-state index in [9.17, 15) is 28.1 Å². The number of benzene rings is 3. The standard InChI is InChI=1S/C41H48ClN7O8S/c1-46-40(50)23-33(26-44-46)57-39-22-32(47-18-13-29(14-19-47)27-48-17-3-2-4-37(48)30-5-7-31(42)8-6-30)9-11-35(39)41(51)45-58(54,55)34-10-12-36(38(24-34)49(52)53)43-25-28-15-20-56-21-16-28/h5-12,22-24,26,28-29,37,43H,2-4,13-21,25,27H2,1H3,(H,45,51). The van der Waals surface area contributed by atoms with Gasteiger partial charge < -0.3 is 19.7 Å². The van der Waals surface area contributed by atoms with E-state index in [0.717, 1.165) is 79.7 Å². The molecule has 3 fully saturated rings. The number of amides is 1. The minimum Gasteiger partial charge on any atom is -0.455 e. The lowest BCUT2D eigenvalue weighted by atomic mass is 9.91. The van der Waals surface area contributed by atoms with Gasteiger partial charge in [-0.2, -0.15) is 5.10 Å². The molecule has 17 heteroatoms. The fourth-order valence-corrected chi connectivity index (χ4v) is 9.12. The van der Waals surface area contributed by atoms with Gasteiger partial charge in [-0.05, 0) is 98.9 Å². The summed E-state index contributed by atoms with van der Waals surface area (Å²) in [6.45, 7) is 5.28. The Morgan fingerprint density at radius 3 is 2.45 bits per heavy atom. The number of piperidine rings is 2. The molecule has 3 saturated heterocycles. The Balaban J connectivity index is 1.06. The zero-order valence-electron chi connectivity index (χ0n) is 32.3. The van der Waals surface area contributed by atoms with Crippen molar-refractivity contribution >= 4 is 44.6 Å². The normalized spacial score (nSPS) is 18.4. The molecule has 58 heavy (non-hydrogen) atoms. The fraction of sp³-hybridized carbons (Fsp3) is 0.439. The summed E-state index contributed by atoms with van der Waals surface area (Å²) in [6, 6.07) is 18.1. The number of nitrogens with zero attached hydrogens (tertiary/aromatic N) is 5. The van der Waals surface area contributed by atoms with E-state index in [1.807, 2.05) is 12.1 Å². The predicted octanol–water partition coefficient (Wildman–Crippen LogP) is 6.54. The second-order valence-corrected chi connectivity index (χ2v) is 17.4. The van der Waals surface area contributed by atoms with Gasteiger partial charge in [-0.15, -0.1) is 0 Å². The maximum Gasteiger partial charge on any atom is 0.293 e. The lowest BCUT2D eigenvalue weighted by Crippen LogP contribution is -2.41. The molecule has 4 heterocycles. The minimum absolute atomic E-state index is 0.0140. The third-order valence-electron chi connectivity index (χ3n) is 11.3. The third kappa shape index (κ3) is 9.97. The van der Waals surface area contributed by atoms with Crippen LogP contribution in [0, 0.1) is 22.0 Å². The number of sulfonamides is 1. The summed E-state index contributed by atoms with van der Waals surface area (Å²) in [5.74, 6) is -0.181. The van der Waals surface area contributed by atoms with Crippen molar-refractivity contribution < 1.29 is 27.6 Å². The molecule has 15 nitrogen and oxygen atoms in total. The summed E-state index contributed by atoms with van der Waals surface area (Å²) >= 11 is 6.18. The van der Waals surface area contributed by atoms with E-state index in [0.29, 0.717) is 31.7 Å². The zero-order valence-corrected chi connectivity index (χ0v) is 33.9. The number of aryl methyl sites for hydroxylation is 1. The molecule has 7 rings (SSSR count). The second-order valence-electron chi connectivity index (χ2n) is 15.2. The van der Waals surface area contributed by atoms with Crippen LogP contribution in [0.5, 0.6) is 11.5 Å². The number of nitrogens with one attached hydrogen (secondary N) is 2. The van der Waals surface area contributed by atoms with Crippen molar-refractivity contribution in [1.29, 1.82) is 0 Å². The van der Waals surface area contributed by atoms with Gasteiger partial charge in [0.05, 0.1) is 21.6 Å². The number of aromatic nitrogens is 2. The molecule has 3 aromatic carbocycles. The number of nitro benzene ring substituents is 1. The number of carbonyl (C=O) groups is 1. The van der Waals surface area contributed by atoms with Crippen LogP contribution in [0.4, 0.5) is 17.1 Å². The van der Waals surface area contributed by atoms with Crippen molar-refractivity contribution in [3.63, 3.8) is 0 Å². The Morgan fingerprint density at radius 1 is 0.966 bits per heavy atom. The minimum atomic E-state index is -4.58. The second kappa shape index (κ2) is 18.3. The van der Waals surface area contributed by atoms with Crippen molar-refractivity contribution in [3.8, 4) is 11.5 Å².